The van der Waals surface area contributed by atoms with Crippen LogP contribution in [0.15, 0.2) is 24.4 Å². The van der Waals surface area contributed by atoms with E-state index in [0.717, 1.165) is 12.3 Å². The number of hydrogen-bond acceptors (Lipinski definition) is 2. The van der Waals surface area contributed by atoms with Gasteiger partial charge in [0.15, 0.2) is 0 Å². The molecule has 0 fully saturated rings. The minimum Gasteiger partial charge on any atom is -0.327 e. The van der Waals surface area contributed by atoms with E-state index >= 15 is 0 Å². The minimum atomic E-state index is -4.33. The highest BCUT2D eigenvalue weighted by molar-refractivity contribution is 5.44. The van der Waals surface area contributed by atoms with Gasteiger partial charge in [-0.3, -0.25) is 4.98 Å². The van der Waals surface area contributed by atoms with Crippen LogP contribution in [0.4, 0.5) is 13.2 Å². The fraction of sp³-hybridized carbons (Fsp3) is 0.222. The SMILES string of the molecule is NCC=Cc1ccc(C(F)(F)F)cn1. The van der Waals surface area contributed by atoms with Crippen molar-refractivity contribution >= 4 is 6.08 Å². The molecule has 14 heavy (non-hydrogen) atoms. The number of alkyl halides is 3. The van der Waals surface area contributed by atoms with Gasteiger partial charge in [-0.2, -0.15) is 13.2 Å². The van der Waals surface area contributed by atoms with Gasteiger partial charge in [0.05, 0.1) is 11.3 Å². The van der Waals surface area contributed by atoms with Gasteiger partial charge in [-0.1, -0.05) is 6.08 Å². The van der Waals surface area contributed by atoms with E-state index in [0.29, 0.717) is 12.2 Å². The number of nitrogens with two attached hydrogens (primary N) is 1. The fourth-order valence-corrected chi connectivity index (χ4v) is 0.860. The highest BCUT2D eigenvalue weighted by atomic mass is 19.4. The van der Waals surface area contributed by atoms with Crippen LogP contribution in [0, 0.1) is 0 Å². The van der Waals surface area contributed by atoms with Crippen LogP contribution in [0.25, 0.3) is 6.08 Å². The van der Waals surface area contributed by atoms with Crippen molar-refractivity contribution in [3.05, 3.63) is 35.7 Å². The van der Waals surface area contributed by atoms with Crippen molar-refractivity contribution in [3.63, 3.8) is 0 Å². The Morgan fingerprint density at radius 3 is 2.50 bits per heavy atom. The summed E-state index contributed by atoms with van der Waals surface area (Å²) in [7, 11) is 0. The van der Waals surface area contributed by atoms with E-state index in [2.05, 4.69) is 4.98 Å². The van der Waals surface area contributed by atoms with Crippen LogP contribution in [-0.4, -0.2) is 11.5 Å². The molecular weight excluding hydrogens is 193 g/mol. The first-order valence-corrected chi connectivity index (χ1v) is 3.94. The predicted octanol–water partition coefficient (Wildman–Crippen LogP) is 2.07. The molecule has 0 atom stereocenters. The summed E-state index contributed by atoms with van der Waals surface area (Å²) >= 11 is 0. The number of pyridine rings is 1. The quantitative estimate of drug-likeness (QED) is 0.797. The lowest BCUT2D eigenvalue weighted by Gasteiger charge is -2.04. The van der Waals surface area contributed by atoms with E-state index in [-0.39, 0.29) is 0 Å². The lowest BCUT2D eigenvalue weighted by molar-refractivity contribution is -0.137. The Hall–Kier alpha value is -1.36. The summed E-state index contributed by atoms with van der Waals surface area (Å²) in [6, 6.07) is 2.29. The molecule has 2 N–H and O–H groups in total. The lowest BCUT2D eigenvalue weighted by Crippen LogP contribution is -2.05. The van der Waals surface area contributed by atoms with Gasteiger partial charge in [0.25, 0.3) is 0 Å². The van der Waals surface area contributed by atoms with Gasteiger partial charge in [0, 0.05) is 12.7 Å². The second-order valence-electron chi connectivity index (χ2n) is 2.61. The molecular formula is C9H9F3N2. The molecule has 0 aliphatic carbocycles. The zero-order valence-corrected chi connectivity index (χ0v) is 7.25. The maximum Gasteiger partial charge on any atom is 0.417 e. The Labute approximate surface area is 79.3 Å². The molecule has 0 aromatic carbocycles. The van der Waals surface area contributed by atoms with Gasteiger partial charge in [0.2, 0.25) is 0 Å². The summed E-state index contributed by atoms with van der Waals surface area (Å²) in [6.45, 7) is 0.336. The standard InChI is InChI=1S/C9H9F3N2/c10-9(11,12)7-3-4-8(14-6-7)2-1-5-13/h1-4,6H,5,13H2. The van der Waals surface area contributed by atoms with E-state index in [1.807, 2.05) is 0 Å². The molecule has 5 heteroatoms. The molecule has 76 valence electrons. The van der Waals surface area contributed by atoms with Crippen LogP contribution in [0.2, 0.25) is 0 Å². The second kappa shape index (κ2) is 4.23. The third-order valence-corrected chi connectivity index (χ3v) is 1.54. The van der Waals surface area contributed by atoms with E-state index < -0.39 is 11.7 Å². The molecule has 0 amide bonds. The molecule has 0 saturated carbocycles. The molecule has 2 nitrogen and oxygen atoms in total. The van der Waals surface area contributed by atoms with Gasteiger partial charge >= 0.3 is 6.18 Å². The Morgan fingerprint density at radius 1 is 1.36 bits per heavy atom. The predicted molar refractivity (Wildman–Crippen MR) is 47.3 cm³/mol. The van der Waals surface area contributed by atoms with Crippen LogP contribution >= 0.6 is 0 Å². The van der Waals surface area contributed by atoms with Crippen molar-refractivity contribution in [2.45, 2.75) is 6.18 Å². The summed E-state index contributed by atoms with van der Waals surface area (Å²) in [4.78, 5) is 3.62. The number of rotatable bonds is 2. The Balaban J connectivity index is 2.84. The molecule has 1 heterocycles. The lowest BCUT2D eigenvalue weighted by atomic mass is 10.2. The van der Waals surface area contributed by atoms with Gasteiger partial charge in [0.1, 0.15) is 0 Å². The third kappa shape index (κ3) is 2.85. The van der Waals surface area contributed by atoms with Crippen molar-refractivity contribution in [1.82, 2.24) is 4.98 Å². The van der Waals surface area contributed by atoms with Crippen LogP contribution in [-0.2, 0) is 6.18 Å². The number of nitrogens with zero attached hydrogens (tertiary/aromatic N) is 1. The van der Waals surface area contributed by atoms with Crippen molar-refractivity contribution in [1.29, 1.82) is 0 Å². The molecule has 1 rings (SSSR count). The second-order valence-corrected chi connectivity index (χ2v) is 2.61. The summed E-state index contributed by atoms with van der Waals surface area (Å²) in [6.07, 6.45) is -0.338. The third-order valence-electron chi connectivity index (χ3n) is 1.54. The summed E-state index contributed by atoms with van der Waals surface area (Å²) < 4.78 is 36.3. The van der Waals surface area contributed by atoms with Crippen molar-refractivity contribution in [2.24, 2.45) is 5.73 Å². The van der Waals surface area contributed by atoms with E-state index in [1.165, 1.54) is 6.07 Å². The van der Waals surface area contributed by atoms with Crippen LogP contribution in [0.3, 0.4) is 0 Å². The maximum atomic E-state index is 12.1. The van der Waals surface area contributed by atoms with Crippen molar-refractivity contribution < 1.29 is 13.2 Å². The van der Waals surface area contributed by atoms with Crippen LogP contribution in [0.5, 0.6) is 0 Å². The number of halogens is 3. The van der Waals surface area contributed by atoms with Gasteiger partial charge in [-0.25, -0.2) is 0 Å². The van der Waals surface area contributed by atoms with E-state index in [4.69, 9.17) is 5.73 Å². The Bertz CT molecular complexity index is 314. The molecule has 1 aromatic heterocycles. The molecule has 0 radical (unpaired) electrons. The topological polar surface area (TPSA) is 38.9 Å². The maximum absolute atomic E-state index is 12.1. The first-order chi connectivity index (χ1) is 6.54. The minimum absolute atomic E-state index is 0.336. The average molecular weight is 202 g/mol. The molecule has 1 aromatic rings. The number of hydrogen-bond donors (Lipinski definition) is 1. The Morgan fingerprint density at radius 2 is 2.07 bits per heavy atom. The zero-order chi connectivity index (χ0) is 10.6. The smallest absolute Gasteiger partial charge is 0.327 e. The monoisotopic (exact) mass is 202 g/mol. The van der Waals surface area contributed by atoms with E-state index in [1.54, 1.807) is 12.2 Å². The largest absolute Gasteiger partial charge is 0.417 e. The first kappa shape index (κ1) is 10.7. The van der Waals surface area contributed by atoms with E-state index in [9.17, 15) is 13.2 Å². The Kier molecular flexibility index (Phi) is 3.24. The molecule has 0 aliphatic heterocycles. The highest BCUT2D eigenvalue weighted by Crippen LogP contribution is 2.28. The molecule has 0 aliphatic rings. The van der Waals surface area contributed by atoms with Crippen LogP contribution in [0.1, 0.15) is 11.3 Å². The van der Waals surface area contributed by atoms with Crippen molar-refractivity contribution in [2.75, 3.05) is 6.54 Å². The highest BCUT2D eigenvalue weighted by Gasteiger charge is 2.30. The molecule has 0 spiro atoms. The molecule has 0 saturated heterocycles. The normalized spacial score (nSPS) is 12.3. The average Bonchev–Trinajstić information content (AvgIpc) is 2.14. The van der Waals surface area contributed by atoms with Gasteiger partial charge < -0.3 is 5.73 Å². The summed E-state index contributed by atoms with van der Waals surface area (Å²) in [5.74, 6) is 0. The molecule has 0 unspecified atom stereocenters. The number of aromatic nitrogens is 1. The first-order valence-electron chi connectivity index (χ1n) is 3.94. The van der Waals surface area contributed by atoms with Gasteiger partial charge in [-0.05, 0) is 18.2 Å². The summed E-state index contributed by atoms with van der Waals surface area (Å²) in [5.41, 5.74) is 4.89. The fourth-order valence-electron chi connectivity index (χ4n) is 0.860. The van der Waals surface area contributed by atoms with Crippen molar-refractivity contribution in [3.8, 4) is 0 Å². The molecule has 0 bridgehead atoms. The zero-order valence-electron chi connectivity index (χ0n) is 7.25. The van der Waals surface area contributed by atoms with Crippen LogP contribution < -0.4 is 5.73 Å². The summed E-state index contributed by atoms with van der Waals surface area (Å²) in [5, 5.41) is 0. The van der Waals surface area contributed by atoms with Gasteiger partial charge in [-0.15, -0.1) is 0 Å².